The van der Waals surface area contributed by atoms with E-state index in [0.29, 0.717) is 29.7 Å². The molecule has 9 nitrogen and oxygen atoms in total. The van der Waals surface area contributed by atoms with Crippen LogP contribution in [-0.4, -0.2) is 27.0 Å². The van der Waals surface area contributed by atoms with E-state index in [0.717, 1.165) is 22.2 Å². The number of anilines is 4. The number of hydrogen-bond donors (Lipinski definition) is 3. The van der Waals surface area contributed by atoms with Gasteiger partial charge in [-0.2, -0.15) is 0 Å². The van der Waals surface area contributed by atoms with Crippen molar-refractivity contribution in [3.8, 4) is 5.75 Å². The third-order valence-electron chi connectivity index (χ3n) is 4.55. The molecule has 0 spiro atoms. The van der Waals surface area contributed by atoms with Gasteiger partial charge < -0.3 is 10.1 Å². The van der Waals surface area contributed by atoms with E-state index in [-0.39, 0.29) is 0 Å². The molecule has 5 rings (SSSR count). The summed E-state index contributed by atoms with van der Waals surface area (Å²) < 4.78 is 5.21. The molecule has 0 radical (unpaired) electrons. The van der Waals surface area contributed by atoms with Crippen LogP contribution in [0.4, 0.5) is 23.1 Å². The minimum Gasteiger partial charge on any atom is -0.495 e. The number of rotatable bonds is 5. The largest absolute Gasteiger partial charge is 0.495 e. The van der Waals surface area contributed by atoms with Gasteiger partial charge in [-0.25, -0.2) is 9.97 Å². The number of methoxy groups -OCH3 is 1. The van der Waals surface area contributed by atoms with Gasteiger partial charge in [0.15, 0.2) is 17.5 Å². The number of aromatic nitrogens is 4. The molecule has 4 aromatic rings. The first-order chi connectivity index (χ1) is 14.3. The fourth-order valence-electron chi connectivity index (χ4n) is 3.16. The number of fused-ring (bicyclic) bond motifs is 2. The molecule has 0 saturated heterocycles. The van der Waals surface area contributed by atoms with Crippen LogP contribution >= 0.6 is 0 Å². The molecule has 0 bridgehead atoms. The van der Waals surface area contributed by atoms with E-state index in [9.17, 15) is 0 Å². The zero-order valence-electron chi connectivity index (χ0n) is 15.6. The highest BCUT2D eigenvalue weighted by molar-refractivity contribution is 5.79. The van der Waals surface area contributed by atoms with Gasteiger partial charge in [-0.1, -0.05) is 12.1 Å². The van der Waals surface area contributed by atoms with Gasteiger partial charge in [-0.05, 0) is 23.8 Å². The summed E-state index contributed by atoms with van der Waals surface area (Å²) in [6, 6.07) is 12.0. The first kappa shape index (κ1) is 17.1. The van der Waals surface area contributed by atoms with E-state index < -0.39 is 0 Å². The fourth-order valence-corrected chi connectivity index (χ4v) is 3.16. The monoisotopic (exact) mass is 386 g/mol. The number of ether oxygens (including phenoxy) is 1. The maximum Gasteiger partial charge on any atom is 0.191 e. The summed E-state index contributed by atoms with van der Waals surface area (Å²) in [5, 5.41) is 6.22. The first-order valence-electron chi connectivity index (χ1n) is 9.04. The third-order valence-corrected chi connectivity index (χ3v) is 4.55. The minimum absolute atomic E-state index is 0.608. The molecule has 1 aromatic carbocycles. The Morgan fingerprint density at radius 2 is 2.07 bits per heavy atom. The van der Waals surface area contributed by atoms with Crippen molar-refractivity contribution in [1.82, 2.24) is 25.5 Å². The number of nitrogens with zero attached hydrogens (tertiary/aromatic N) is 5. The highest BCUT2D eigenvalue weighted by Gasteiger charge is 2.22. The molecular weight excluding hydrogens is 368 g/mol. The van der Waals surface area contributed by atoms with Crippen LogP contribution in [0.1, 0.15) is 5.56 Å². The summed E-state index contributed by atoms with van der Waals surface area (Å²) in [6.45, 7) is 0.615. The lowest BCUT2D eigenvalue weighted by Gasteiger charge is -2.17. The highest BCUT2D eigenvalue weighted by Crippen LogP contribution is 2.28. The normalized spacial score (nSPS) is 12.5. The van der Waals surface area contributed by atoms with Crippen molar-refractivity contribution in [1.29, 1.82) is 0 Å². The average molecular weight is 386 g/mol. The SMILES string of the molecule is COc1cncc(Nc2cnc3c(n2)N(Cc2ccc4ncccc4c2)NN3)c1. The molecule has 0 unspecified atom stereocenters. The maximum atomic E-state index is 5.21. The number of hydrogen-bond acceptors (Lipinski definition) is 9. The van der Waals surface area contributed by atoms with Crippen molar-refractivity contribution in [3.63, 3.8) is 0 Å². The van der Waals surface area contributed by atoms with Crippen molar-refractivity contribution < 1.29 is 4.74 Å². The molecule has 0 atom stereocenters. The standard InChI is InChI=1S/C20H18N8O/c1-29-16-8-15(9-21-10-16)24-18-11-23-19-20(25-18)28(27-26-19)12-13-4-5-17-14(7-13)3-2-6-22-17/h2-11,27H,12H2,1H3,(H,23,26)(H,24,25). The molecule has 0 saturated carbocycles. The van der Waals surface area contributed by atoms with Crippen molar-refractivity contribution >= 4 is 34.0 Å². The molecule has 9 heteroatoms. The minimum atomic E-state index is 0.608. The number of pyridine rings is 2. The lowest BCUT2D eigenvalue weighted by molar-refractivity contribution is 0.413. The van der Waals surface area contributed by atoms with Crippen LogP contribution in [0, 0.1) is 0 Å². The fraction of sp³-hybridized carbons (Fsp3) is 0.100. The van der Waals surface area contributed by atoms with E-state index in [1.54, 1.807) is 31.9 Å². The lowest BCUT2D eigenvalue weighted by Crippen LogP contribution is -2.35. The smallest absolute Gasteiger partial charge is 0.191 e. The second-order valence-corrected chi connectivity index (χ2v) is 6.52. The van der Waals surface area contributed by atoms with Crippen LogP contribution in [0.25, 0.3) is 10.9 Å². The van der Waals surface area contributed by atoms with Gasteiger partial charge in [0.1, 0.15) is 5.75 Å². The Kier molecular flexibility index (Phi) is 4.26. The second kappa shape index (κ2) is 7.21. The predicted molar refractivity (Wildman–Crippen MR) is 111 cm³/mol. The van der Waals surface area contributed by atoms with Crippen LogP contribution in [0.15, 0.2) is 61.2 Å². The highest BCUT2D eigenvalue weighted by atomic mass is 16.5. The Bertz CT molecular complexity index is 1180. The van der Waals surface area contributed by atoms with Crippen LogP contribution in [0.3, 0.4) is 0 Å². The van der Waals surface area contributed by atoms with Gasteiger partial charge in [0, 0.05) is 17.6 Å². The Labute approximate surface area is 166 Å². The predicted octanol–water partition coefficient (Wildman–Crippen LogP) is 3.02. The summed E-state index contributed by atoms with van der Waals surface area (Å²) >= 11 is 0. The average Bonchev–Trinajstić information content (AvgIpc) is 3.16. The number of hydrazine groups is 2. The molecule has 1 aliphatic heterocycles. The molecule has 144 valence electrons. The molecule has 0 fully saturated rings. The Morgan fingerprint density at radius 3 is 3.00 bits per heavy atom. The lowest BCUT2D eigenvalue weighted by atomic mass is 10.1. The number of nitrogens with one attached hydrogen (secondary N) is 3. The molecule has 0 aliphatic carbocycles. The molecular formula is C20H18N8O. The van der Waals surface area contributed by atoms with Crippen molar-refractivity contribution in [3.05, 3.63) is 66.7 Å². The van der Waals surface area contributed by atoms with E-state index in [1.807, 2.05) is 23.2 Å². The van der Waals surface area contributed by atoms with E-state index in [2.05, 4.69) is 49.4 Å². The van der Waals surface area contributed by atoms with Crippen LogP contribution in [-0.2, 0) is 6.54 Å². The van der Waals surface area contributed by atoms with Crippen molar-refractivity contribution in [2.24, 2.45) is 0 Å². The zero-order valence-corrected chi connectivity index (χ0v) is 15.6. The van der Waals surface area contributed by atoms with E-state index >= 15 is 0 Å². The maximum absolute atomic E-state index is 5.21. The van der Waals surface area contributed by atoms with Crippen molar-refractivity contribution in [2.75, 3.05) is 22.9 Å². The van der Waals surface area contributed by atoms with Crippen LogP contribution in [0.5, 0.6) is 5.75 Å². The van der Waals surface area contributed by atoms with Gasteiger partial charge in [-0.15, -0.1) is 5.53 Å². The van der Waals surface area contributed by atoms with Gasteiger partial charge in [0.05, 0.1) is 43.4 Å². The topological polar surface area (TPSA) is 100 Å². The molecule has 1 aliphatic rings. The third kappa shape index (κ3) is 3.46. The molecule has 4 heterocycles. The van der Waals surface area contributed by atoms with Gasteiger partial charge in [0.2, 0.25) is 0 Å². The van der Waals surface area contributed by atoms with E-state index in [4.69, 9.17) is 9.72 Å². The van der Waals surface area contributed by atoms with Gasteiger partial charge in [-0.3, -0.25) is 20.4 Å². The molecule has 29 heavy (non-hydrogen) atoms. The first-order valence-corrected chi connectivity index (χ1v) is 9.04. The van der Waals surface area contributed by atoms with E-state index in [1.165, 1.54) is 0 Å². The Balaban J connectivity index is 1.38. The van der Waals surface area contributed by atoms with Gasteiger partial charge in [0.25, 0.3) is 0 Å². The Hall–Kier alpha value is -3.98. The van der Waals surface area contributed by atoms with Crippen LogP contribution in [0.2, 0.25) is 0 Å². The Morgan fingerprint density at radius 1 is 1.10 bits per heavy atom. The summed E-state index contributed by atoms with van der Waals surface area (Å²) in [6.07, 6.45) is 6.81. The molecule has 3 aromatic heterocycles. The van der Waals surface area contributed by atoms with Crippen LogP contribution < -0.4 is 26.0 Å². The summed E-state index contributed by atoms with van der Waals surface area (Å²) in [5.41, 5.74) is 9.03. The summed E-state index contributed by atoms with van der Waals surface area (Å²) in [5.74, 6) is 2.65. The summed E-state index contributed by atoms with van der Waals surface area (Å²) in [4.78, 5) is 17.6. The van der Waals surface area contributed by atoms with Crippen molar-refractivity contribution in [2.45, 2.75) is 6.54 Å². The summed E-state index contributed by atoms with van der Waals surface area (Å²) in [7, 11) is 1.61. The zero-order chi connectivity index (χ0) is 19.6. The quantitative estimate of drug-likeness (QED) is 0.478. The van der Waals surface area contributed by atoms with Gasteiger partial charge >= 0.3 is 0 Å². The molecule has 3 N–H and O–H groups in total. The molecule has 0 amide bonds. The second-order valence-electron chi connectivity index (χ2n) is 6.52. The number of benzene rings is 1.